The number of anilines is 1. The van der Waals surface area contributed by atoms with Crippen LogP contribution in [0.4, 0.5) is 5.95 Å². The van der Waals surface area contributed by atoms with Crippen LogP contribution in [0, 0.1) is 5.21 Å². The van der Waals surface area contributed by atoms with Crippen molar-refractivity contribution in [3.05, 3.63) is 56.9 Å². The minimum absolute atomic E-state index is 0.164. The number of rotatable bonds is 2. The van der Waals surface area contributed by atoms with Crippen molar-refractivity contribution in [1.82, 2.24) is 14.9 Å². The zero-order valence-corrected chi connectivity index (χ0v) is 10.9. The number of nitrogens with one attached hydrogen (secondary N) is 1. The fraction of sp³-hybridized carbons (Fsp3) is 0.308. The Hall–Kier alpha value is -2.41. The first-order chi connectivity index (χ1) is 9.61. The molecule has 7 heteroatoms. The van der Waals surface area contributed by atoms with E-state index in [0.717, 1.165) is 22.5 Å². The number of aromatic amines is 1. The molecule has 0 amide bonds. The molecule has 2 aromatic heterocycles. The monoisotopic (exact) mass is 273 g/mol. The van der Waals surface area contributed by atoms with E-state index in [1.807, 2.05) is 0 Å². The van der Waals surface area contributed by atoms with Crippen molar-refractivity contribution in [2.24, 2.45) is 0 Å². The summed E-state index contributed by atoms with van der Waals surface area (Å²) in [6.07, 6.45) is 3.66. The Bertz CT molecular complexity index is 680. The number of nitrogens with two attached hydrogens (primary N) is 1. The molecule has 1 aliphatic heterocycles. The van der Waals surface area contributed by atoms with Crippen LogP contribution in [0.2, 0.25) is 0 Å². The lowest BCUT2D eigenvalue weighted by Gasteiger charge is -2.27. The van der Waals surface area contributed by atoms with Crippen LogP contribution >= 0.6 is 0 Å². The summed E-state index contributed by atoms with van der Waals surface area (Å²) >= 11 is 0. The van der Waals surface area contributed by atoms with Gasteiger partial charge in [-0.1, -0.05) is 0 Å². The molecule has 104 valence electrons. The van der Waals surface area contributed by atoms with Crippen molar-refractivity contribution in [1.29, 1.82) is 0 Å². The zero-order chi connectivity index (χ0) is 14.1. The minimum atomic E-state index is -0.164. The number of hydrogen-bond donors (Lipinski definition) is 2. The molecule has 0 fully saturated rings. The molecule has 0 saturated carbocycles. The van der Waals surface area contributed by atoms with E-state index in [9.17, 15) is 10.0 Å². The quantitative estimate of drug-likeness (QED) is 0.569. The lowest BCUT2D eigenvalue weighted by atomic mass is 10.1. The van der Waals surface area contributed by atoms with Crippen LogP contribution in [0.25, 0.3) is 0 Å². The van der Waals surface area contributed by atoms with Gasteiger partial charge in [0.15, 0.2) is 12.4 Å². The lowest BCUT2D eigenvalue weighted by Crippen LogP contribution is -2.35. The summed E-state index contributed by atoms with van der Waals surface area (Å²) in [5.41, 5.74) is 7.89. The second-order valence-corrected chi connectivity index (χ2v) is 4.90. The van der Waals surface area contributed by atoms with Crippen molar-refractivity contribution in [2.45, 2.75) is 19.5 Å². The molecule has 3 N–H and O–H groups in total. The molecule has 20 heavy (non-hydrogen) atoms. The van der Waals surface area contributed by atoms with E-state index < -0.39 is 0 Å². The number of H-pyrrole nitrogens is 1. The van der Waals surface area contributed by atoms with E-state index in [2.05, 4.69) is 14.9 Å². The van der Waals surface area contributed by atoms with E-state index in [4.69, 9.17) is 5.73 Å². The summed E-state index contributed by atoms with van der Waals surface area (Å²) in [5.74, 6) is 0.172. The van der Waals surface area contributed by atoms with E-state index in [1.165, 1.54) is 12.4 Å². The standard InChI is InChI=1S/C13H15N5O2/c14-13-15-11-3-4-17(8-10(11)12(19)16-13)7-9-1-5-18(20)6-2-9/h1-2,5-6H,3-4,7-8H2,(H3,14,15,16,19). The molecular weight excluding hydrogens is 258 g/mol. The van der Waals surface area contributed by atoms with Gasteiger partial charge < -0.3 is 10.9 Å². The van der Waals surface area contributed by atoms with Gasteiger partial charge in [-0.3, -0.25) is 14.7 Å². The highest BCUT2D eigenvalue weighted by Crippen LogP contribution is 2.16. The first-order valence-corrected chi connectivity index (χ1v) is 6.39. The lowest BCUT2D eigenvalue weighted by molar-refractivity contribution is -0.605. The Morgan fingerprint density at radius 1 is 1.45 bits per heavy atom. The number of pyridine rings is 1. The van der Waals surface area contributed by atoms with Gasteiger partial charge in [0, 0.05) is 38.2 Å². The first-order valence-electron chi connectivity index (χ1n) is 6.39. The van der Waals surface area contributed by atoms with E-state index in [1.54, 1.807) is 12.1 Å². The molecular formula is C13H15N5O2. The summed E-state index contributed by atoms with van der Waals surface area (Å²) in [6.45, 7) is 2.06. The maximum Gasteiger partial charge on any atom is 0.257 e. The van der Waals surface area contributed by atoms with Gasteiger partial charge in [-0.05, 0) is 5.56 Å². The molecule has 0 saturated heterocycles. The maximum atomic E-state index is 11.9. The predicted octanol–water partition coefficient (Wildman–Crippen LogP) is -0.456. The first kappa shape index (κ1) is 12.6. The van der Waals surface area contributed by atoms with Gasteiger partial charge in [-0.2, -0.15) is 4.73 Å². The summed E-state index contributed by atoms with van der Waals surface area (Å²) < 4.78 is 0.756. The van der Waals surface area contributed by atoms with Crippen molar-refractivity contribution in [2.75, 3.05) is 12.3 Å². The molecule has 3 heterocycles. The van der Waals surface area contributed by atoms with E-state index >= 15 is 0 Å². The van der Waals surface area contributed by atoms with Crippen LogP contribution in [0.1, 0.15) is 16.8 Å². The molecule has 7 nitrogen and oxygen atoms in total. The zero-order valence-electron chi connectivity index (χ0n) is 10.9. The molecule has 0 aliphatic carbocycles. The molecule has 0 atom stereocenters. The Kier molecular flexibility index (Phi) is 3.11. The van der Waals surface area contributed by atoms with Crippen molar-refractivity contribution in [3.8, 4) is 0 Å². The Morgan fingerprint density at radius 2 is 2.20 bits per heavy atom. The highest BCUT2D eigenvalue weighted by atomic mass is 16.5. The van der Waals surface area contributed by atoms with Gasteiger partial charge in [0.05, 0.1) is 11.3 Å². The number of nitrogens with zero attached hydrogens (tertiary/aromatic N) is 3. The smallest absolute Gasteiger partial charge is 0.257 e. The SMILES string of the molecule is Nc1nc2c(c(=O)[nH]1)CN(Cc1cc[n+]([O-])cc1)CC2. The van der Waals surface area contributed by atoms with Crippen LogP contribution in [0.3, 0.4) is 0 Å². The van der Waals surface area contributed by atoms with Crippen LogP contribution in [-0.2, 0) is 19.5 Å². The van der Waals surface area contributed by atoms with Crippen molar-refractivity contribution >= 4 is 5.95 Å². The minimum Gasteiger partial charge on any atom is -0.619 e. The molecule has 0 unspecified atom stereocenters. The van der Waals surface area contributed by atoms with Crippen LogP contribution in [0.5, 0.6) is 0 Å². The van der Waals surface area contributed by atoms with Crippen molar-refractivity contribution < 1.29 is 4.73 Å². The highest BCUT2D eigenvalue weighted by Gasteiger charge is 2.20. The number of aromatic nitrogens is 3. The van der Waals surface area contributed by atoms with Crippen LogP contribution < -0.4 is 16.0 Å². The molecule has 3 rings (SSSR count). The van der Waals surface area contributed by atoms with Crippen molar-refractivity contribution in [3.63, 3.8) is 0 Å². The second-order valence-electron chi connectivity index (χ2n) is 4.90. The molecule has 2 aromatic rings. The average Bonchev–Trinajstić information content (AvgIpc) is 2.42. The third-order valence-electron chi connectivity index (χ3n) is 3.44. The highest BCUT2D eigenvalue weighted by molar-refractivity contribution is 5.27. The summed E-state index contributed by atoms with van der Waals surface area (Å²) in [5, 5.41) is 11.0. The fourth-order valence-electron chi connectivity index (χ4n) is 2.44. The topological polar surface area (TPSA) is 102 Å². The van der Waals surface area contributed by atoms with Crippen LogP contribution in [0.15, 0.2) is 29.3 Å². The van der Waals surface area contributed by atoms with Gasteiger partial charge in [-0.15, -0.1) is 0 Å². The Balaban J connectivity index is 1.79. The normalized spacial score (nSPS) is 15.0. The maximum absolute atomic E-state index is 11.9. The van der Waals surface area contributed by atoms with Gasteiger partial charge >= 0.3 is 0 Å². The average molecular weight is 273 g/mol. The molecule has 0 spiro atoms. The van der Waals surface area contributed by atoms with E-state index in [0.29, 0.717) is 25.1 Å². The molecule has 1 aliphatic rings. The van der Waals surface area contributed by atoms with Gasteiger partial charge in [-0.25, -0.2) is 4.98 Å². The Morgan fingerprint density at radius 3 is 2.95 bits per heavy atom. The second kappa shape index (κ2) is 4.93. The molecule has 0 aromatic carbocycles. The fourth-order valence-corrected chi connectivity index (χ4v) is 2.44. The molecule has 0 radical (unpaired) electrons. The van der Waals surface area contributed by atoms with Gasteiger partial charge in [0.1, 0.15) is 0 Å². The van der Waals surface area contributed by atoms with E-state index in [-0.39, 0.29) is 11.5 Å². The number of nitrogen functional groups attached to an aromatic ring is 1. The third-order valence-corrected chi connectivity index (χ3v) is 3.44. The predicted molar refractivity (Wildman–Crippen MR) is 72.5 cm³/mol. The van der Waals surface area contributed by atoms with Gasteiger partial charge in [0.25, 0.3) is 5.56 Å². The number of hydrogen-bond acceptors (Lipinski definition) is 5. The third kappa shape index (κ3) is 2.48. The number of fused-ring (bicyclic) bond motifs is 1. The summed E-state index contributed by atoms with van der Waals surface area (Å²) in [7, 11) is 0. The summed E-state index contributed by atoms with van der Waals surface area (Å²) in [4.78, 5) is 20.7. The summed E-state index contributed by atoms with van der Waals surface area (Å²) in [6, 6.07) is 3.57. The van der Waals surface area contributed by atoms with Crippen LogP contribution in [-0.4, -0.2) is 21.4 Å². The largest absolute Gasteiger partial charge is 0.619 e. The molecule has 0 bridgehead atoms. The Labute approximate surface area is 115 Å². The van der Waals surface area contributed by atoms with Gasteiger partial charge in [0.2, 0.25) is 5.95 Å².